The highest BCUT2D eigenvalue weighted by atomic mass is 35.5. The first-order valence-corrected chi connectivity index (χ1v) is 12.6. The normalized spacial score (nSPS) is 23.3. The second-order valence-corrected chi connectivity index (χ2v) is 10.5. The Balaban J connectivity index is 1.18. The maximum absolute atomic E-state index is 14.2. The fourth-order valence-corrected chi connectivity index (χ4v) is 6.18. The van der Waals surface area contributed by atoms with E-state index in [9.17, 15) is 9.18 Å². The van der Waals surface area contributed by atoms with Crippen molar-refractivity contribution in [3.8, 4) is 5.69 Å². The first kappa shape index (κ1) is 22.8. The fraction of sp³-hybridized carbons (Fsp3) is 0.385. The number of benzene rings is 2. The van der Waals surface area contributed by atoms with Gasteiger partial charge in [0.15, 0.2) is 0 Å². The number of carboxylic acid groups (broad SMARTS) is 1. The lowest BCUT2D eigenvalue weighted by Gasteiger charge is -2.33. The number of ether oxygens (including phenoxy) is 1. The number of halogens is 3. The van der Waals surface area contributed by atoms with Gasteiger partial charge in [0, 0.05) is 24.2 Å². The van der Waals surface area contributed by atoms with Gasteiger partial charge < -0.3 is 14.7 Å². The van der Waals surface area contributed by atoms with E-state index in [0.717, 1.165) is 43.6 Å². The molecule has 3 aliphatic rings. The zero-order chi connectivity index (χ0) is 24.3. The van der Waals surface area contributed by atoms with Gasteiger partial charge in [-0.1, -0.05) is 29.3 Å². The van der Waals surface area contributed by atoms with Crippen LogP contribution in [0.15, 0.2) is 42.6 Å². The van der Waals surface area contributed by atoms with E-state index in [4.69, 9.17) is 33.0 Å². The third kappa shape index (κ3) is 4.09. The molecule has 1 aliphatic heterocycles. The molecule has 3 aromatic rings. The highest BCUT2D eigenvalue weighted by Crippen LogP contribution is 2.45. The number of rotatable bonds is 7. The summed E-state index contributed by atoms with van der Waals surface area (Å²) in [7, 11) is 0. The number of aromatic nitrogens is 2. The summed E-state index contributed by atoms with van der Waals surface area (Å²) >= 11 is 13.0. The van der Waals surface area contributed by atoms with E-state index < -0.39 is 11.8 Å². The second kappa shape index (κ2) is 8.80. The molecule has 3 fully saturated rings. The average Bonchev–Trinajstić information content (AvgIpc) is 3.28. The molecular formula is C26H24Cl2FN3O3. The van der Waals surface area contributed by atoms with Crippen LogP contribution in [0.25, 0.3) is 5.69 Å². The molecule has 2 saturated carbocycles. The Morgan fingerprint density at radius 1 is 1.17 bits per heavy atom. The van der Waals surface area contributed by atoms with Crippen LogP contribution in [0.5, 0.6) is 0 Å². The monoisotopic (exact) mass is 515 g/mol. The van der Waals surface area contributed by atoms with Crippen LogP contribution in [0.1, 0.15) is 53.2 Å². The van der Waals surface area contributed by atoms with Gasteiger partial charge in [-0.3, -0.25) is 0 Å². The number of aromatic carboxylic acids is 1. The van der Waals surface area contributed by atoms with Gasteiger partial charge in [0.25, 0.3) is 0 Å². The number of anilines is 1. The average molecular weight is 516 g/mol. The zero-order valence-corrected chi connectivity index (χ0v) is 20.3. The first-order chi connectivity index (χ1) is 16.9. The second-order valence-electron chi connectivity index (χ2n) is 9.66. The van der Waals surface area contributed by atoms with Crippen molar-refractivity contribution in [3.05, 3.63) is 75.3 Å². The summed E-state index contributed by atoms with van der Waals surface area (Å²) in [5.74, 6) is -1.13. The van der Waals surface area contributed by atoms with Gasteiger partial charge in [-0.05, 0) is 67.5 Å². The molecule has 0 radical (unpaired) electrons. The molecule has 2 aliphatic carbocycles. The van der Waals surface area contributed by atoms with Crippen molar-refractivity contribution >= 4 is 34.9 Å². The zero-order valence-electron chi connectivity index (χ0n) is 18.8. The molecule has 3 atom stereocenters. The molecule has 9 heteroatoms. The van der Waals surface area contributed by atoms with E-state index >= 15 is 0 Å². The third-order valence-corrected chi connectivity index (χ3v) is 8.10. The SMILES string of the molecule is O=C(O)c1ccc(N2CC3CC2CC3OCc2c(C3CC3)cnn2-c2c(Cl)cccc2Cl)cc1F. The Kier molecular flexibility index (Phi) is 5.74. The van der Waals surface area contributed by atoms with Crippen molar-refractivity contribution in [3.63, 3.8) is 0 Å². The summed E-state index contributed by atoms with van der Waals surface area (Å²) in [5, 5.41) is 14.8. The Bertz CT molecular complexity index is 1290. The quantitative estimate of drug-likeness (QED) is 0.413. The summed E-state index contributed by atoms with van der Waals surface area (Å²) in [5.41, 5.74) is 3.28. The number of carbonyl (C=O) groups is 1. The van der Waals surface area contributed by atoms with Crippen molar-refractivity contribution in [2.45, 2.75) is 50.4 Å². The van der Waals surface area contributed by atoms with E-state index in [-0.39, 0.29) is 17.7 Å². The number of nitrogens with zero attached hydrogens (tertiary/aromatic N) is 3. The molecule has 1 aromatic heterocycles. The van der Waals surface area contributed by atoms with Crippen LogP contribution in [0.2, 0.25) is 10.0 Å². The van der Waals surface area contributed by atoms with Crippen molar-refractivity contribution in [1.29, 1.82) is 0 Å². The highest BCUT2D eigenvalue weighted by molar-refractivity contribution is 6.37. The summed E-state index contributed by atoms with van der Waals surface area (Å²) < 4.78 is 22.5. The van der Waals surface area contributed by atoms with Gasteiger partial charge >= 0.3 is 5.97 Å². The molecule has 0 amide bonds. The molecule has 0 spiro atoms. The largest absolute Gasteiger partial charge is 0.478 e. The summed E-state index contributed by atoms with van der Waals surface area (Å²) in [4.78, 5) is 13.3. The number of fused-ring (bicyclic) bond motifs is 2. The van der Waals surface area contributed by atoms with E-state index in [1.54, 1.807) is 6.07 Å². The number of hydrogen-bond donors (Lipinski definition) is 1. The highest BCUT2D eigenvalue weighted by Gasteiger charge is 2.45. The number of para-hydroxylation sites is 1. The van der Waals surface area contributed by atoms with Crippen LogP contribution in [-0.4, -0.2) is 39.5 Å². The molecular weight excluding hydrogens is 492 g/mol. The third-order valence-electron chi connectivity index (χ3n) is 7.49. The van der Waals surface area contributed by atoms with Crippen molar-refractivity contribution in [2.24, 2.45) is 5.92 Å². The smallest absolute Gasteiger partial charge is 0.338 e. The molecule has 1 N–H and O–H groups in total. The van der Waals surface area contributed by atoms with E-state index in [1.807, 2.05) is 29.1 Å². The Labute approximate surface area is 212 Å². The number of piperidine rings is 1. The van der Waals surface area contributed by atoms with Gasteiger partial charge in [-0.2, -0.15) is 5.10 Å². The predicted molar refractivity (Wildman–Crippen MR) is 131 cm³/mol. The van der Waals surface area contributed by atoms with Crippen molar-refractivity contribution < 1.29 is 19.0 Å². The molecule has 2 aromatic carbocycles. The van der Waals surface area contributed by atoms with Crippen molar-refractivity contribution in [2.75, 3.05) is 11.4 Å². The lowest BCUT2D eigenvalue weighted by Crippen LogP contribution is -2.38. The first-order valence-electron chi connectivity index (χ1n) is 11.8. The molecule has 6 nitrogen and oxygen atoms in total. The fourth-order valence-electron chi connectivity index (χ4n) is 5.62. The molecule has 1 saturated heterocycles. The minimum absolute atomic E-state index is 0.0940. The van der Waals surface area contributed by atoms with E-state index in [2.05, 4.69) is 10.00 Å². The van der Waals surface area contributed by atoms with Gasteiger partial charge in [0.05, 0.1) is 40.2 Å². The van der Waals surface area contributed by atoms with Gasteiger partial charge in [0.2, 0.25) is 0 Å². The Morgan fingerprint density at radius 3 is 2.57 bits per heavy atom. The molecule has 6 rings (SSSR count). The predicted octanol–water partition coefficient (Wildman–Crippen LogP) is 6.08. The maximum atomic E-state index is 14.2. The summed E-state index contributed by atoms with van der Waals surface area (Å²) in [6.07, 6.45) is 6.11. The summed E-state index contributed by atoms with van der Waals surface area (Å²) in [6, 6.07) is 10.0. The van der Waals surface area contributed by atoms with E-state index in [1.165, 1.54) is 17.7 Å². The number of carboxylic acids is 1. The van der Waals surface area contributed by atoms with Crippen LogP contribution in [-0.2, 0) is 11.3 Å². The Morgan fingerprint density at radius 2 is 1.94 bits per heavy atom. The lowest BCUT2D eigenvalue weighted by molar-refractivity contribution is 0.00993. The minimum atomic E-state index is -1.26. The van der Waals surface area contributed by atoms with Crippen LogP contribution >= 0.6 is 23.2 Å². The van der Waals surface area contributed by atoms with Crippen LogP contribution in [0, 0.1) is 11.7 Å². The van der Waals surface area contributed by atoms with Gasteiger partial charge in [-0.25, -0.2) is 13.9 Å². The molecule has 2 heterocycles. The molecule has 35 heavy (non-hydrogen) atoms. The van der Waals surface area contributed by atoms with Gasteiger partial charge in [0.1, 0.15) is 11.5 Å². The molecule has 2 bridgehead atoms. The maximum Gasteiger partial charge on any atom is 0.338 e. The van der Waals surface area contributed by atoms with Crippen molar-refractivity contribution in [1.82, 2.24) is 9.78 Å². The minimum Gasteiger partial charge on any atom is -0.478 e. The van der Waals surface area contributed by atoms with Gasteiger partial charge in [-0.15, -0.1) is 0 Å². The molecule has 182 valence electrons. The lowest BCUT2D eigenvalue weighted by atomic mass is 10.0. The van der Waals surface area contributed by atoms with Crippen LogP contribution < -0.4 is 4.90 Å². The van der Waals surface area contributed by atoms with E-state index in [0.29, 0.717) is 34.2 Å². The standard InChI is InChI=1S/C26H24Cl2FN3O3/c27-20-2-1-3-21(28)25(20)32-23(19(11-30-32)14-4-5-14)13-35-24-10-17-8-15(24)12-31(17)16-6-7-18(26(33)34)22(29)9-16/h1-3,6-7,9,11,14-15,17,24H,4-5,8,10,12-13H2,(H,33,34). The Hall–Kier alpha value is -2.61. The summed E-state index contributed by atoms with van der Waals surface area (Å²) in [6.45, 7) is 1.18. The molecule has 3 unspecified atom stereocenters. The number of hydrogen-bond acceptors (Lipinski definition) is 4. The topological polar surface area (TPSA) is 67.6 Å². The van der Waals surface area contributed by atoms with Crippen LogP contribution in [0.3, 0.4) is 0 Å². The van der Waals surface area contributed by atoms with Crippen LogP contribution in [0.4, 0.5) is 10.1 Å².